The Kier molecular flexibility index (Phi) is 7.95. The third-order valence-corrected chi connectivity index (χ3v) is 4.52. The van der Waals surface area contributed by atoms with Crippen LogP contribution in [0.1, 0.15) is 19.2 Å². The Bertz CT molecular complexity index is 1150. The largest absolute Gasteiger partial charge is 0.494 e. The number of hydrogen-bond donors (Lipinski definition) is 1. The fraction of sp³-hybridized carbons (Fsp3) is 0.111. The van der Waals surface area contributed by atoms with E-state index in [-0.39, 0.29) is 0 Å². The maximum Gasteiger partial charge on any atom is 0.178 e. The lowest BCUT2D eigenvalue weighted by atomic mass is 10.1. The molecule has 0 atom stereocenters. The van der Waals surface area contributed by atoms with Crippen LogP contribution >= 0.6 is 0 Å². The van der Waals surface area contributed by atoms with Crippen LogP contribution in [0.2, 0.25) is 0 Å². The van der Waals surface area contributed by atoms with E-state index in [0.717, 1.165) is 28.9 Å². The van der Waals surface area contributed by atoms with Crippen molar-refractivity contribution in [1.29, 1.82) is 0 Å². The molecule has 0 aliphatic rings. The van der Waals surface area contributed by atoms with Crippen molar-refractivity contribution in [3.05, 3.63) is 115 Å². The number of rotatable bonds is 10. The van der Waals surface area contributed by atoms with Crippen LogP contribution in [-0.2, 0) is 4.74 Å². The first-order valence-electron chi connectivity index (χ1n) is 10.2. The van der Waals surface area contributed by atoms with E-state index in [4.69, 9.17) is 4.74 Å². The van der Waals surface area contributed by atoms with Gasteiger partial charge in [-0.25, -0.2) is 9.97 Å². The summed E-state index contributed by atoms with van der Waals surface area (Å²) in [4.78, 5) is 12.3. The molecule has 156 valence electrons. The molecule has 2 heterocycles. The highest BCUT2D eigenvalue weighted by molar-refractivity contribution is 5.79. The molecular formula is C27H27N3O. The number of nitrogens with one attached hydrogen (secondary N) is 1. The normalized spacial score (nSPS) is 12.4. The SMILES string of the molecule is C=C/C=C\C=C(/C)CCOC(=C)/C=C\C=C\c1nc2ncc(-c3ccccc3)cc2[nH]1. The molecule has 2 aromatic heterocycles. The molecule has 0 aliphatic heterocycles. The number of hydrogen-bond acceptors (Lipinski definition) is 3. The van der Waals surface area contributed by atoms with E-state index in [9.17, 15) is 0 Å². The Morgan fingerprint density at radius 3 is 2.74 bits per heavy atom. The Morgan fingerprint density at radius 2 is 1.94 bits per heavy atom. The van der Waals surface area contributed by atoms with Gasteiger partial charge >= 0.3 is 0 Å². The molecule has 0 amide bonds. The zero-order chi connectivity index (χ0) is 21.9. The maximum absolute atomic E-state index is 5.64. The molecule has 0 bridgehead atoms. The molecule has 3 rings (SSSR count). The smallest absolute Gasteiger partial charge is 0.178 e. The summed E-state index contributed by atoms with van der Waals surface area (Å²) in [7, 11) is 0. The van der Waals surface area contributed by atoms with Gasteiger partial charge in [0.15, 0.2) is 5.65 Å². The van der Waals surface area contributed by atoms with Gasteiger partial charge < -0.3 is 9.72 Å². The molecule has 0 unspecified atom stereocenters. The van der Waals surface area contributed by atoms with E-state index in [1.54, 1.807) is 6.08 Å². The van der Waals surface area contributed by atoms with Crippen LogP contribution in [0.4, 0.5) is 0 Å². The summed E-state index contributed by atoms with van der Waals surface area (Å²) in [5.74, 6) is 1.37. The highest BCUT2D eigenvalue weighted by Gasteiger charge is 2.04. The zero-order valence-corrected chi connectivity index (χ0v) is 17.8. The summed E-state index contributed by atoms with van der Waals surface area (Å²) in [6, 6.07) is 12.2. The topological polar surface area (TPSA) is 50.8 Å². The van der Waals surface area contributed by atoms with Crippen molar-refractivity contribution in [1.82, 2.24) is 15.0 Å². The fourth-order valence-corrected chi connectivity index (χ4v) is 2.87. The van der Waals surface area contributed by atoms with Gasteiger partial charge in [0.25, 0.3) is 0 Å². The van der Waals surface area contributed by atoms with Gasteiger partial charge in [0.1, 0.15) is 11.6 Å². The van der Waals surface area contributed by atoms with E-state index < -0.39 is 0 Å². The van der Waals surface area contributed by atoms with Crippen molar-refractivity contribution >= 4 is 17.2 Å². The van der Waals surface area contributed by atoms with Gasteiger partial charge in [0.05, 0.1) is 12.1 Å². The maximum atomic E-state index is 5.64. The van der Waals surface area contributed by atoms with Crippen molar-refractivity contribution in [3.8, 4) is 11.1 Å². The second kappa shape index (κ2) is 11.3. The number of allylic oxidation sites excluding steroid dienone is 7. The van der Waals surface area contributed by atoms with Gasteiger partial charge in [0.2, 0.25) is 0 Å². The van der Waals surface area contributed by atoms with Crippen LogP contribution in [0.5, 0.6) is 0 Å². The molecule has 0 radical (unpaired) electrons. The summed E-state index contributed by atoms with van der Waals surface area (Å²) in [6.07, 6.45) is 17.9. The molecule has 0 saturated heterocycles. The molecule has 0 fully saturated rings. The molecule has 1 aromatic carbocycles. The van der Waals surface area contributed by atoms with E-state index in [0.29, 0.717) is 18.0 Å². The predicted octanol–water partition coefficient (Wildman–Crippen LogP) is 6.80. The molecule has 1 N–H and O–H groups in total. The Balaban J connectivity index is 1.52. The molecule has 0 aliphatic carbocycles. The molecule has 0 spiro atoms. The van der Waals surface area contributed by atoms with Gasteiger partial charge in [-0.15, -0.1) is 0 Å². The minimum Gasteiger partial charge on any atom is -0.494 e. The highest BCUT2D eigenvalue weighted by Crippen LogP contribution is 2.21. The molecule has 4 nitrogen and oxygen atoms in total. The van der Waals surface area contributed by atoms with Gasteiger partial charge in [0, 0.05) is 18.2 Å². The minimum absolute atomic E-state index is 0.593. The second-order valence-corrected chi connectivity index (χ2v) is 7.00. The molecule has 3 aromatic rings. The first-order chi connectivity index (χ1) is 15.2. The minimum atomic E-state index is 0.593. The summed E-state index contributed by atoms with van der Waals surface area (Å²) in [5.41, 5.74) is 5.03. The number of ether oxygens (including phenoxy) is 1. The number of aromatic amines is 1. The molecule has 4 heteroatoms. The van der Waals surface area contributed by atoms with Gasteiger partial charge in [-0.2, -0.15) is 0 Å². The average Bonchev–Trinajstić information content (AvgIpc) is 3.19. The lowest BCUT2D eigenvalue weighted by Gasteiger charge is -2.05. The van der Waals surface area contributed by atoms with Crippen molar-refractivity contribution in [2.45, 2.75) is 13.3 Å². The van der Waals surface area contributed by atoms with E-state index in [1.807, 2.05) is 60.9 Å². The number of aromatic nitrogens is 3. The van der Waals surface area contributed by atoms with E-state index >= 15 is 0 Å². The lowest BCUT2D eigenvalue weighted by molar-refractivity contribution is 0.229. The summed E-state index contributed by atoms with van der Waals surface area (Å²) in [5, 5.41) is 0. The first-order valence-corrected chi connectivity index (χ1v) is 10.2. The quantitative estimate of drug-likeness (QED) is 0.296. The third kappa shape index (κ3) is 6.82. The van der Waals surface area contributed by atoms with Crippen LogP contribution in [0.15, 0.2) is 110 Å². The zero-order valence-electron chi connectivity index (χ0n) is 17.8. The number of H-pyrrole nitrogens is 1. The Morgan fingerprint density at radius 1 is 1.10 bits per heavy atom. The molecule has 31 heavy (non-hydrogen) atoms. The lowest BCUT2D eigenvalue weighted by Crippen LogP contribution is -1.92. The summed E-state index contributed by atoms with van der Waals surface area (Å²) >= 11 is 0. The number of nitrogens with zero attached hydrogens (tertiary/aromatic N) is 2. The van der Waals surface area contributed by atoms with E-state index in [1.165, 1.54) is 5.57 Å². The number of pyridine rings is 1. The summed E-state index contributed by atoms with van der Waals surface area (Å²) in [6.45, 7) is 10.2. The van der Waals surface area contributed by atoms with Crippen LogP contribution in [-0.4, -0.2) is 21.6 Å². The van der Waals surface area contributed by atoms with Gasteiger partial charge in [-0.1, -0.05) is 85.5 Å². The molecular weight excluding hydrogens is 382 g/mol. The van der Waals surface area contributed by atoms with Crippen LogP contribution in [0.25, 0.3) is 28.4 Å². The second-order valence-electron chi connectivity index (χ2n) is 7.00. The summed E-state index contributed by atoms with van der Waals surface area (Å²) < 4.78 is 5.64. The number of fused-ring (bicyclic) bond motifs is 1. The molecule has 0 saturated carbocycles. The van der Waals surface area contributed by atoms with Crippen molar-refractivity contribution in [3.63, 3.8) is 0 Å². The number of benzene rings is 1. The van der Waals surface area contributed by atoms with Crippen molar-refractivity contribution in [2.24, 2.45) is 0 Å². The third-order valence-electron chi connectivity index (χ3n) is 4.52. The van der Waals surface area contributed by atoms with E-state index in [2.05, 4.69) is 59.3 Å². The Labute approximate surface area is 183 Å². The standard InChI is InChI=1S/C27H27N3O/c1-4-5-7-12-21(2)17-18-31-22(3)13-10-11-16-26-29-25-19-24(20-28-27(25)30-26)23-14-8-6-9-15-23/h4-16,19-20H,1,3,17-18H2,2H3,(H,28,29,30)/b7-5-,13-10-,16-11+,21-12+. The fourth-order valence-electron chi connectivity index (χ4n) is 2.87. The number of imidazole rings is 1. The average molecular weight is 410 g/mol. The van der Waals surface area contributed by atoms with Crippen LogP contribution in [0, 0.1) is 0 Å². The highest BCUT2D eigenvalue weighted by atomic mass is 16.5. The Hall–Kier alpha value is -3.92. The van der Waals surface area contributed by atoms with Gasteiger partial charge in [-0.05, 0) is 30.7 Å². The first kappa shape index (κ1) is 21.8. The predicted molar refractivity (Wildman–Crippen MR) is 130 cm³/mol. The van der Waals surface area contributed by atoms with Gasteiger partial charge in [-0.3, -0.25) is 0 Å². The van der Waals surface area contributed by atoms with Crippen LogP contribution in [0.3, 0.4) is 0 Å². The van der Waals surface area contributed by atoms with Crippen LogP contribution < -0.4 is 0 Å². The monoisotopic (exact) mass is 409 g/mol. The van der Waals surface area contributed by atoms with Crippen molar-refractivity contribution in [2.75, 3.05) is 6.61 Å². The van der Waals surface area contributed by atoms with Crippen molar-refractivity contribution < 1.29 is 4.74 Å².